The highest BCUT2D eigenvalue weighted by molar-refractivity contribution is 5.94. The quantitative estimate of drug-likeness (QED) is 0.455. The Labute approximate surface area is 175 Å². The van der Waals surface area contributed by atoms with Crippen molar-refractivity contribution in [2.75, 3.05) is 5.32 Å². The molecule has 0 aliphatic carbocycles. The van der Waals surface area contributed by atoms with Crippen molar-refractivity contribution < 1.29 is 13.9 Å². The van der Waals surface area contributed by atoms with E-state index in [-0.39, 0.29) is 12.3 Å². The van der Waals surface area contributed by atoms with Crippen LogP contribution in [0, 0.1) is 13.8 Å². The van der Waals surface area contributed by atoms with Gasteiger partial charge in [0.2, 0.25) is 5.91 Å². The van der Waals surface area contributed by atoms with Crippen molar-refractivity contribution in [3.8, 4) is 0 Å². The minimum absolute atomic E-state index is 0.0630. The first-order chi connectivity index (χ1) is 14.6. The minimum Gasteiger partial charge on any atom is -0.467 e. The van der Waals surface area contributed by atoms with E-state index in [1.54, 1.807) is 6.26 Å². The van der Waals surface area contributed by atoms with Crippen molar-refractivity contribution in [1.29, 1.82) is 0 Å². The van der Waals surface area contributed by atoms with Crippen LogP contribution in [0.3, 0.4) is 0 Å². The van der Waals surface area contributed by atoms with Gasteiger partial charge in [-0.25, -0.2) is 0 Å². The molecule has 0 aliphatic rings. The Morgan fingerprint density at radius 1 is 1.03 bits per heavy atom. The van der Waals surface area contributed by atoms with E-state index < -0.39 is 0 Å². The molecule has 0 aliphatic heterocycles. The predicted octanol–water partition coefficient (Wildman–Crippen LogP) is 5.34. The number of ether oxygens (including phenoxy) is 1. The molecule has 0 radical (unpaired) electrons. The highest BCUT2D eigenvalue weighted by Gasteiger charge is 2.13. The van der Waals surface area contributed by atoms with E-state index in [0.29, 0.717) is 13.2 Å². The molecule has 1 N–H and O–H groups in total. The normalized spacial score (nSPS) is 11.0. The lowest BCUT2D eigenvalue weighted by atomic mass is 9.99. The number of para-hydroxylation sites is 1. The fraction of sp³-hybridized carbons (Fsp3) is 0.200. The van der Waals surface area contributed by atoms with E-state index in [1.165, 1.54) is 0 Å². The number of fused-ring (bicyclic) bond motifs is 1. The van der Waals surface area contributed by atoms with Crippen molar-refractivity contribution in [3.63, 3.8) is 0 Å². The number of nitrogens with one attached hydrogen (secondary N) is 1. The fourth-order valence-electron chi connectivity index (χ4n) is 3.60. The van der Waals surface area contributed by atoms with Gasteiger partial charge >= 0.3 is 0 Å². The lowest BCUT2D eigenvalue weighted by Gasteiger charge is -2.13. The third kappa shape index (κ3) is 4.58. The second-order valence-corrected chi connectivity index (χ2v) is 7.32. The van der Waals surface area contributed by atoms with E-state index in [1.807, 2.05) is 67.6 Å². The maximum atomic E-state index is 12.7. The molecule has 4 aromatic rings. The van der Waals surface area contributed by atoms with Crippen LogP contribution in [0.15, 0.2) is 71.3 Å². The Morgan fingerprint density at radius 3 is 2.73 bits per heavy atom. The fourth-order valence-corrected chi connectivity index (χ4v) is 3.60. The van der Waals surface area contributed by atoms with Crippen LogP contribution >= 0.6 is 0 Å². The number of benzene rings is 2. The Kier molecular flexibility index (Phi) is 5.91. The zero-order valence-electron chi connectivity index (χ0n) is 17.1. The largest absolute Gasteiger partial charge is 0.467 e. The lowest BCUT2D eigenvalue weighted by Crippen LogP contribution is -2.16. The molecule has 5 nitrogen and oxygen atoms in total. The van der Waals surface area contributed by atoms with Gasteiger partial charge in [0.25, 0.3) is 0 Å². The Balaban J connectivity index is 1.41. The first-order valence-corrected chi connectivity index (χ1v) is 9.94. The van der Waals surface area contributed by atoms with Gasteiger partial charge in [0, 0.05) is 16.8 Å². The Morgan fingerprint density at radius 2 is 1.90 bits per heavy atom. The maximum Gasteiger partial charge on any atom is 0.228 e. The Bertz CT molecular complexity index is 1170. The lowest BCUT2D eigenvalue weighted by molar-refractivity contribution is -0.115. The summed E-state index contributed by atoms with van der Waals surface area (Å²) >= 11 is 0. The van der Waals surface area contributed by atoms with Crippen LogP contribution in [-0.4, -0.2) is 10.9 Å². The number of anilines is 1. The summed E-state index contributed by atoms with van der Waals surface area (Å²) in [6, 6.07) is 19.4. The van der Waals surface area contributed by atoms with E-state index in [2.05, 4.69) is 17.2 Å². The van der Waals surface area contributed by atoms with Crippen LogP contribution in [0.2, 0.25) is 0 Å². The van der Waals surface area contributed by atoms with Crippen LogP contribution < -0.4 is 5.32 Å². The molecule has 0 bridgehead atoms. The molecule has 1 amide bonds. The van der Waals surface area contributed by atoms with Gasteiger partial charge in [-0.05, 0) is 60.9 Å². The van der Waals surface area contributed by atoms with Gasteiger partial charge in [0.1, 0.15) is 12.4 Å². The molecular formula is C25H24N2O3. The summed E-state index contributed by atoms with van der Waals surface area (Å²) in [7, 11) is 0. The van der Waals surface area contributed by atoms with Crippen LogP contribution in [-0.2, 0) is 29.2 Å². The van der Waals surface area contributed by atoms with Gasteiger partial charge < -0.3 is 14.5 Å². The molecule has 2 heterocycles. The average molecular weight is 400 g/mol. The number of carbonyl (C=O) groups excluding carboxylic acids is 1. The van der Waals surface area contributed by atoms with Crippen molar-refractivity contribution in [1.82, 2.24) is 4.98 Å². The molecule has 4 rings (SSSR count). The summed E-state index contributed by atoms with van der Waals surface area (Å²) in [4.78, 5) is 17.4. The molecule has 30 heavy (non-hydrogen) atoms. The van der Waals surface area contributed by atoms with Crippen molar-refractivity contribution in [3.05, 3.63) is 95.1 Å². The molecule has 152 valence electrons. The monoisotopic (exact) mass is 400 g/mol. The summed E-state index contributed by atoms with van der Waals surface area (Å²) in [6.07, 6.45) is 1.91. The molecule has 0 fully saturated rings. The number of rotatable bonds is 7. The van der Waals surface area contributed by atoms with Gasteiger partial charge in [0.05, 0.1) is 24.8 Å². The number of carbonyl (C=O) groups is 1. The summed E-state index contributed by atoms with van der Waals surface area (Å²) in [5.41, 5.74) is 5.67. The molecule has 0 unspecified atom stereocenters. The first-order valence-electron chi connectivity index (χ1n) is 9.94. The SMILES string of the molecule is Cc1nc2ccccc2c(C)c1CC(=O)Nc1cccc(COCc2ccco2)c1. The number of hydrogen-bond acceptors (Lipinski definition) is 4. The Hall–Kier alpha value is -3.44. The molecule has 2 aromatic carbocycles. The van der Waals surface area contributed by atoms with Gasteiger partial charge in [-0.3, -0.25) is 9.78 Å². The number of aryl methyl sites for hydroxylation is 2. The summed E-state index contributed by atoms with van der Waals surface area (Å²) < 4.78 is 10.9. The third-order valence-corrected chi connectivity index (χ3v) is 5.13. The smallest absolute Gasteiger partial charge is 0.228 e. The average Bonchev–Trinajstić information content (AvgIpc) is 3.25. The van der Waals surface area contributed by atoms with Gasteiger partial charge in [-0.1, -0.05) is 30.3 Å². The standard InChI is InChI=1S/C25H24N2O3/c1-17-22-10-3-4-11-24(22)26-18(2)23(17)14-25(28)27-20-8-5-7-19(13-20)15-29-16-21-9-6-12-30-21/h3-13H,14-16H2,1-2H3,(H,27,28). The zero-order valence-corrected chi connectivity index (χ0v) is 17.1. The molecule has 0 spiro atoms. The number of amides is 1. The van der Waals surface area contributed by atoms with E-state index in [4.69, 9.17) is 9.15 Å². The first kappa shape index (κ1) is 19.9. The van der Waals surface area contributed by atoms with Crippen LogP contribution in [0.5, 0.6) is 0 Å². The van der Waals surface area contributed by atoms with Crippen molar-refractivity contribution >= 4 is 22.5 Å². The maximum absolute atomic E-state index is 12.7. The summed E-state index contributed by atoms with van der Waals surface area (Å²) in [5, 5.41) is 4.08. The predicted molar refractivity (Wildman–Crippen MR) is 117 cm³/mol. The zero-order chi connectivity index (χ0) is 20.9. The molecule has 2 aromatic heterocycles. The molecule has 0 saturated heterocycles. The van der Waals surface area contributed by atoms with Gasteiger partial charge in [-0.2, -0.15) is 0 Å². The van der Waals surface area contributed by atoms with E-state index in [0.717, 1.165) is 44.7 Å². The third-order valence-electron chi connectivity index (χ3n) is 5.13. The second-order valence-electron chi connectivity index (χ2n) is 7.32. The second kappa shape index (κ2) is 8.93. The van der Waals surface area contributed by atoms with Crippen molar-refractivity contribution in [2.24, 2.45) is 0 Å². The van der Waals surface area contributed by atoms with E-state index in [9.17, 15) is 4.79 Å². The van der Waals surface area contributed by atoms with Gasteiger partial charge in [0.15, 0.2) is 0 Å². The summed E-state index contributed by atoms with van der Waals surface area (Å²) in [6.45, 7) is 4.87. The number of aromatic nitrogens is 1. The number of nitrogens with zero attached hydrogens (tertiary/aromatic N) is 1. The summed E-state index contributed by atoms with van der Waals surface area (Å²) in [5.74, 6) is 0.723. The minimum atomic E-state index is -0.0630. The van der Waals surface area contributed by atoms with Gasteiger partial charge in [-0.15, -0.1) is 0 Å². The van der Waals surface area contributed by atoms with Crippen LogP contribution in [0.4, 0.5) is 5.69 Å². The van der Waals surface area contributed by atoms with Crippen molar-refractivity contribution in [2.45, 2.75) is 33.5 Å². The van der Waals surface area contributed by atoms with Crippen LogP contribution in [0.25, 0.3) is 10.9 Å². The molecular weight excluding hydrogens is 376 g/mol. The molecule has 0 atom stereocenters. The van der Waals surface area contributed by atoms with E-state index >= 15 is 0 Å². The number of hydrogen-bond donors (Lipinski definition) is 1. The number of furan rings is 1. The number of pyridine rings is 1. The molecule has 5 heteroatoms. The topological polar surface area (TPSA) is 64.4 Å². The van der Waals surface area contributed by atoms with Crippen LogP contribution in [0.1, 0.15) is 28.1 Å². The highest BCUT2D eigenvalue weighted by Crippen LogP contribution is 2.23. The molecule has 0 saturated carbocycles. The highest BCUT2D eigenvalue weighted by atomic mass is 16.5.